The first-order valence-electron chi connectivity index (χ1n) is 11.9. The van der Waals surface area contributed by atoms with E-state index >= 15 is 0 Å². The Bertz CT molecular complexity index is 832. The standard InChI is InChI=1S/C26H36N4O/c1-21-9-13-27-24(18-21)19-28-26(31)23-8-5-14-30(20-23)25-11-16-29(17-12-25)15-10-22-6-3-2-4-7-22/h2-4,6-7,9,13,18,23,25H,5,8,10-12,14-17,19-20H2,1H3,(H,28,31)/t23-/m0/s1. The summed E-state index contributed by atoms with van der Waals surface area (Å²) in [6.07, 6.45) is 7.50. The van der Waals surface area contributed by atoms with Crippen molar-refractivity contribution in [2.75, 3.05) is 32.7 Å². The van der Waals surface area contributed by atoms with Gasteiger partial charge in [-0.3, -0.25) is 14.7 Å². The number of amides is 1. The Hall–Kier alpha value is -2.24. The maximum Gasteiger partial charge on any atom is 0.224 e. The lowest BCUT2D eigenvalue weighted by atomic mass is 9.93. The van der Waals surface area contributed by atoms with Crippen LogP contribution in [0.3, 0.4) is 0 Å². The Labute approximate surface area is 186 Å². The van der Waals surface area contributed by atoms with Gasteiger partial charge in [0.25, 0.3) is 0 Å². The topological polar surface area (TPSA) is 48.5 Å². The summed E-state index contributed by atoms with van der Waals surface area (Å²) in [6.45, 7) is 8.11. The lowest BCUT2D eigenvalue weighted by Gasteiger charge is -2.42. The van der Waals surface area contributed by atoms with E-state index in [1.165, 1.54) is 37.1 Å². The summed E-state index contributed by atoms with van der Waals surface area (Å²) in [5.74, 6) is 0.294. The minimum absolute atomic E-state index is 0.106. The maximum atomic E-state index is 12.8. The summed E-state index contributed by atoms with van der Waals surface area (Å²) >= 11 is 0. The van der Waals surface area contributed by atoms with Crippen LogP contribution >= 0.6 is 0 Å². The van der Waals surface area contributed by atoms with Crippen LogP contribution in [0.2, 0.25) is 0 Å². The largest absolute Gasteiger partial charge is 0.350 e. The van der Waals surface area contributed by atoms with Crippen molar-refractivity contribution in [2.45, 2.75) is 51.6 Å². The molecule has 31 heavy (non-hydrogen) atoms. The van der Waals surface area contributed by atoms with Crippen LogP contribution in [0.4, 0.5) is 0 Å². The molecule has 5 nitrogen and oxygen atoms in total. The van der Waals surface area contributed by atoms with E-state index in [0.29, 0.717) is 12.6 Å². The quantitative estimate of drug-likeness (QED) is 0.746. The van der Waals surface area contributed by atoms with Gasteiger partial charge in [-0.25, -0.2) is 0 Å². The van der Waals surface area contributed by atoms with Gasteiger partial charge in [0.15, 0.2) is 0 Å². The molecule has 0 aliphatic carbocycles. The highest BCUT2D eigenvalue weighted by atomic mass is 16.1. The summed E-state index contributed by atoms with van der Waals surface area (Å²) in [6, 6.07) is 15.4. The highest BCUT2D eigenvalue weighted by Crippen LogP contribution is 2.24. The molecule has 0 saturated carbocycles. The first-order chi connectivity index (χ1) is 15.2. The molecule has 2 aromatic rings. The molecule has 1 amide bonds. The molecule has 2 fully saturated rings. The Morgan fingerprint density at radius 2 is 1.90 bits per heavy atom. The number of rotatable bonds is 7. The number of nitrogens with zero attached hydrogens (tertiary/aromatic N) is 3. The van der Waals surface area contributed by atoms with Crippen LogP contribution in [0, 0.1) is 12.8 Å². The summed E-state index contributed by atoms with van der Waals surface area (Å²) in [5, 5.41) is 3.12. The highest BCUT2D eigenvalue weighted by molar-refractivity contribution is 5.78. The number of likely N-dealkylation sites (tertiary alicyclic amines) is 2. The van der Waals surface area contributed by atoms with Crippen molar-refractivity contribution in [1.82, 2.24) is 20.1 Å². The molecule has 5 heteroatoms. The molecule has 2 aliphatic heterocycles. The van der Waals surface area contributed by atoms with Crippen LogP contribution in [0.1, 0.15) is 42.5 Å². The Balaban J connectivity index is 1.20. The smallest absolute Gasteiger partial charge is 0.224 e. The molecule has 0 spiro atoms. The molecule has 0 radical (unpaired) electrons. The van der Waals surface area contributed by atoms with Crippen molar-refractivity contribution in [1.29, 1.82) is 0 Å². The lowest BCUT2D eigenvalue weighted by molar-refractivity contribution is -0.127. The van der Waals surface area contributed by atoms with Crippen LogP contribution in [0.5, 0.6) is 0 Å². The average Bonchev–Trinajstić information content (AvgIpc) is 2.82. The molecule has 1 N–H and O–H groups in total. The molecular formula is C26H36N4O. The van der Waals surface area contributed by atoms with E-state index in [1.54, 1.807) is 0 Å². The van der Waals surface area contributed by atoms with Gasteiger partial charge >= 0.3 is 0 Å². The predicted molar refractivity (Wildman–Crippen MR) is 125 cm³/mol. The van der Waals surface area contributed by atoms with Crippen LogP contribution < -0.4 is 5.32 Å². The molecular weight excluding hydrogens is 384 g/mol. The molecule has 3 heterocycles. The lowest BCUT2D eigenvalue weighted by Crippen LogP contribution is -2.50. The predicted octanol–water partition coefficient (Wildman–Crippen LogP) is 3.43. The van der Waals surface area contributed by atoms with Crippen molar-refractivity contribution in [3.05, 3.63) is 65.5 Å². The fraction of sp³-hybridized carbons (Fsp3) is 0.538. The van der Waals surface area contributed by atoms with Crippen molar-refractivity contribution >= 4 is 5.91 Å². The number of benzene rings is 1. The Morgan fingerprint density at radius 1 is 1.10 bits per heavy atom. The molecule has 0 unspecified atom stereocenters. The number of hydrogen-bond acceptors (Lipinski definition) is 4. The van der Waals surface area contributed by atoms with Crippen molar-refractivity contribution < 1.29 is 4.79 Å². The maximum absolute atomic E-state index is 12.8. The van der Waals surface area contributed by atoms with E-state index in [1.807, 2.05) is 18.3 Å². The zero-order valence-electron chi connectivity index (χ0n) is 18.8. The van der Waals surface area contributed by atoms with Gasteiger partial charge in [0.2, 0.25) is 5.91 Å². The monoisotopic (exact) mass is 420 g/mol. The fourth-order valence-corrected chi connectivity index (χ4v) is 5.01. The molecule has 166 valence electrons. The van der Waals surface area contributed by atoms with Crippen LogP contribution in [-0.2, 0) is 17.8 Å². The number of piperidine rings is 2. The molecule has 2 saturated heterocycles. The number of pyridine rings is 1. The van der Waals surface area contributed by atoms with Gasteiger partial charge in [-0.15, -0.1) is 0 Å². The summed E-state index contributed by atoms with van der Waals surface area (Å²) in [5.41, 5.74) is 3.54. The molecule has 2 aliphatic rings. The van der Waals surface area contributed by atoms with E-state index in [9.17, 15) is 4.79 Å². The molecule has 1 aromatic carbocycles. The highest BCUT2D eigenvalue weighted by Gasteiger charge is 2.31. The zero-order valence-corrected chi connectivity index (χ0v) is 18.8. The number of carbonyl (C=O) groups is 1. The SMILES string of the molecule is Cc1ccnc(CNC(=O)[C@H]2CCCN(C3CCN(CCc4ccccc4)CC3)C2)c1. The van der Waals surface area contributed by atoms with Crippen molar-refractivity contribution in [3.8, 4) is 0 Å². The van der Waals surface area contributed by atoms with Gasteiger partial charge < -0.3 is 10.2 Å². The normalized spacial score (nSPS) is 21.1. The van der Waals surface area contributed by atoms with Gasteiger partial charge in [0.05, 0.1) is 18.2 Å². The van der Waals surface area contributed by atoms with E-state index in [-0.39, 0.29) is 11.8 Å². The van der Waals surface area contributed by atoms with Crippen LogP contribution in [-0.4, -0.2) is 59.5 Å². The van der Waals surface area contributed by atoms with E-state index in [2.05, 4.69) is 57.4 Å². The third-order valence-corrected chi connectivity index (χ3v) is 6.87. The molecule has 4 rings (SSSR count). The fourth-order valence-electron chi connectivity index (χ4n) is 5.01. The minimum Gasteiger partial charge on any atom is -0.350 e. The molecule has 0 bridgehead atoms. The van der Waals surface area contributed by atoms with E-state index in [0.717, 1.165) is 44.6 Å². The number of nitrogens with one attached hydrogen (secondary N) is 1. The minimum atomic E-state index is 0.106. The summed E-state index contributed by atoms with van der Waals surface area (Å²) in [4.78, 5) is 22.3. The average molecular weight is 421 g/mol. The first-order valence-corrected chi connectivity index (χ1v) is 11.9. The van der Waals surface area contributed by atoms with Crippen molar-refractivity contribution in [3.63, 3.8) is 0 Å². The number of aromatic nitrogens is 1. The number of aryl methyl sites for hydroxylation is 1. The molecule has 1 aromatic heterocycles. The van der Waals surface area contributed by atoms with Crippen LogP contribution in [0.25, 0.3) is 0 Å². The Morgan fingerprint density at radius 3 is 2.68 bits per heavy atom. The first kappa shape index (κ1) is 22.0. The second-order valence-corrected chi connectivity index (χ2v) is 9.18. The molecule has 1 atom stereocenters. The van der Waals surface area contributed by atoms with Gasteiger partial charge in [-0.2, -0.15) is 0 Å². The number of carbonyl (C=O) groups excluding carboxylic acids is 1. The second-order valence-electron chi connectivity index (χ2n) is 9.18. The second kappa shape index (κ2) is 10.9. The van der Waals surface area contributed by atoms with Gasteiger partial charge in [-0.05, 0) is 81.9 Å². The van der Waals surface area contributed by atoms with Gasteiger partial charge in [0.1, 0.15) is 0 Å². The van der Waals surface area contributed by atoms with E-state index in [4.69, 9.17) is 0 Å². The summed E-state index contributed by atoms with van der Waals surface area (Å²) < 4.78 is 0. The van der Waals surface area contributed by atoms with Crippen molar-refractivity contribution in [2.24, 2.45) is 5.92 Å². The van der Waals surface area contributed by atoms with E-state index < -0.39 is 0 Å². The van der Waals surface area contributed by atoms with Gasteiger partial charge in [0, 0.05) is 25.3 Å². The third-order valence-electron chi connectivity index (χ3n) is 6.87. The van der Waals surface area contributed by atoms with Crippen LogP contribution in [0.15, 0.2) is 48.7 Å². The Kier molecular flexibility index (Phi) is 7.71. The van der Waals surface area contributed by atoms with Gasteiger partial charge in [-0.1, -0.05) is 30.3 Å². The number of hydrogen-bond donors (Lipinski definition) is 1. The summed E-state index contributed by atoms with van der Waals surface area (Å²) in [7, 11) is 0. The third kappa shape index (κ3) is 6.37. The zero-order chi connectivity index (χ0) is 21.5.